The number of rotatable bonds is 62. The van der Waals surface area contributed by atoms with Crippen LogP contribution in [0.5, 0.6) is 0 Å². The van der Waals surface area contributed by atoms with Gasteiger partial charge >= 0.3 is 17.9 Å². The lowest BCUT2D eigenvalue weighted by molar-refractivity contribution is -0.167. The molecule has 0 aliphatic heterocycles. The van der Waals surface area contributed by atoms with Crippen LogP contribution in [0.25, 0.3) is 0 Å². The predicted octanol–water partition coefficient (Wildman–Crippen LogP) is 23.9. The second-order valence-corrected chi connectivity index (χ2v) is 22.7. The van der Waals surface area contributed by atoms with Gasteiger partial charge in [0.1, 0.15) is 13.2 Å². The second-order valence-electron chi connectivity index (χ2n) is 22.7. The zero-order valence-corrected chi connectivity index (χ0v) is 53.7. The van der Waals surface area contributed by atoms with Crippen LogP contribution in [0.1, 0.15) is 323 Å². The maximum absolute atomic E-state index is 12.9. The van der Waals surface area contributed by atoms with Gasteiger partial charge in [-0.3, -0.25) is 14.4 Å². The normalized spacial score (nSPS) is 12.9. The minimum Gasteiger partial charge on any atom is -0.462 e. The van der Waals surface area contributed by atoms with Crippen LogP contribution in [-0.4, -0.2) is 37.2 Å². The van der Waals surface area contributed by atoms with Gasteiger partial charge in [0.15, 0.2) is 6.10 Å². The highest BCUT2D eigenvalue weighted by molar-refractivity contribution is 5.71. The molecule has 0 spiro atoms. The number of allylic oxidation sites excluding steroid dienone is 20. The number of hydrogen-bond donors (Lipinski definition) is 0. The first-order valence-electron chi connectivity index (χ1n) is 34.5. The van der Waals surface area contributed by atoms with Crippen LogP contribution in [0.3, 0.4) is 0 Å². The molecule has 82 heavy (non-hydrogen) atoms. The van der Waals surface area contributed by atoms with E-state index in [1.54, 1.807) is 0 Å². The number of unbranched alkanes of at least 4 members (excludes halogenated alkanes) is 31. The van der Waals surface area contributed by atoms with E-state index >= 15 is 0 Å². The van der Waals surface area contributed by atoms with Gasteiger partial charge in [-0.15, -0.1) is 0 Å². The molecule has 0 aliphatic rings. The SMILES string of the molecule is CC/C=C\C/C=C\C/C=C\C/C=C\C/C=C\C/C=C\C/C=C\C/C=C\C/C=C\CCCC(=O)OCC(COC(=O)CCCCCCCCCCCCCCCC)OC(=O)CCCCCCCCCCC/C=C\CCCCCCCCCC. The molecule has 0 aromatic heterocycles. The molecule has 0 amide bonds. The Bertz CT molecular complexity index is 1690. The third kappa shape index (κ3) is 66.6. The fourth-order valence-electron chi connectivity index (χ4n) is 9.56. The summed E-state index contributed by atoms with van der Waals surface area (Å²) in [6, 6.07) is 0. The van der Waals surface area contributed by atoms with Crippen molar-refractivity contribution in [1.82, 2.24) is 0 Å². The van der Waals surface area contributed by atoms with E-state index in [1.807, 2.05) is 0 Å². The summed E-state index contributed by atoms with van der Waals surface area (Å²) in [7, 11) is 0. The molecule has 0 aromatic rings. The average molecular weight is 1140 g/mol. The maximum Gasteiger partial charge on any atom is 0.306 e. The Morgan fingerprint density at radius 2 is 0.488 bits per heavy atom. The third-order valence-electron chi connectivity index (χ3n) is 14.7. The Balaban J connectivity index is 4.43. The molecule has 6 heteroatoms. The summed E-state index contributed by atoms with van der Waals surface area (Å²) in [6.45, 7) is 6.51. The highest BCUT2D eigenvalue weighted by atomic mass is 16.6. The summed E-state index contributed by atoms with van der Waals surface area (Å²) in [5.41, 5.74) is 0. The third-order valence-corrected chi connectivity index (χ3v) is 14.7. The molecule has 0 heterocycles. The van der Waals surface area contributed by atoms with Gasteiger partial charge in [0.05, 0.1) is 0 Å². The van der Waals surface area contributed by atoms with Crippen molar-refractivity contribution in [2.45, 2.75) is 329 Å². The summed E-state index contributed by atoms with van der Waals surface area (Å²) < 4.78 is 16.9. The van der Waals surface area contributed by atoms with Crippen LogP contribution in [0.2, 0.25) is 0 Å². The minimum absolute atomic E-state index is 0.0957. The van der Waals surface area contributed by atoms with E-state index < -0.39 is 6.10 Å². The molecule has 6 nitrogen and oxygen atoms in total. The molecule has 0 radical (unpaired) electrons. The molecular formula is C76H128O6. The van der Waals surface area contributed by atoms with Gasteiger partial charge in [-0.05, 0) is 109 Å². The average Bonchev–Trinajstić information content (AvgIpc) is 3.47. The molecule has 0 bridgehead atoms. The van der Waals surface area contributed by atoms with Gasteiger partial charge < -0.3 is 14.2 Å². The van der Waals surface area contributed by atoms with E-state index in [2.05, 4.69) is 142 Å². The van der Waals surface area contributed by atoms with Crippen molar-refractivity contribution in [3.8, 4) is 0 Å². The van der Waals surface area contributed by atoms with Crippen molar-refractivity contribution in [1.29, 1.82) is 0 Å². The first-order valence-corrected chi connectivity index (χ1v) is 34.5. The Hall–Kier alpha value is -4.19. The lowest BCUT2D eigenvalue weighted by Gasteiger charge is -2.18. The molecule has 0 saturated heterocycles. The molecule has 0 aliphatic carbocycles. The first-order chi connectivity index (χ1) is 40.5. The van der Waals surface area contributed by atoms with Crippen LogP contribution in [0.15, 0.2) is 122 Å². The van der Waals surface area contributed by atoms with E-state index in [0.717, 1.165) is 103 Å². The van der Waals surface area contributed by atoms with E-state index in [0.29, 0.717) is 19.3 Å². The molecule has 0 fully saturated rings. The van der Waals surface area contributed by atoms with Gasteiger partial charge in [-0.1, -0.05) is 316 Å². The highest BCUT2D eigenvalue weighted by Gasteiger charge is 2.19. The van der Waals surface area contributed by atoms with Gasteiger partial charge in [-0.25, -0.2) is 0 Å². The Morgan fingerprint density at radius 3 is 0.805 bits per heavy atom. The molecule has 0 saturated carbocycles. The summed E-state index contributed by atoms with van der Waals surface area (Å²) in [5.74, 6) is -0.949. The standard InChI is InChI=1S/C76H128O6/c1-4-7-10-13-16-19-22-25-28-30-32-34-35-36-37-38-39-40-41-43-44-46-48-51-54-57-60-63-66-69-75(78)81-72-73(71-80-74(77)68-65-62-59-56-53-50-27-24-21-18-15-12-9-6-3)82-76(79)70-67-64-61-58-55-52-49-47-45-42-33-31-29-26-23-20-17-14-11-8-5-2/h7,10,16,19,25,28,31-34,36-37,39-40,43-44,48,51,57,60,73H,4-6,8-9,11-15,17-18,20-24,26-27,29-30,35,38,41-42,45-47,49-50,52-56,58-59,61-72H2,1-3H3/b10-7-,19-16-,28-25-,33-31-,34-32-,37-36-,40-39-,44-43-,51-48-,60-57-. The monoisotopic (exact) mass is 1140 g/mol. The largest absolute Gasteiger partial charge is 0.462 e. The van der Waals surface area contributed by atoms with Gasteiger partial charge in [0, 0.05) is 19.3 Å². The first kappa shape index (κ1) is 77.8. The van der Waals surface area contributed by atoms with Gasteiger partial charge in [0.2, 0.25) is 0 Å². The molecule has 1 atom stereocenters. The van der Waals surface area contributed by atoms with E-state index in [9.17, 15) is 14.4 Å². The fraction of sp³-hybridized carbons (Fsp3) is 0.697. The number of carbonyl (C=O) groups is 3. The Kier molecular flexibility index (Phi) is 65.8. The fourth-order valence-corrected chi connectivity index (χ4v) is 9.56. The summed E-state index contributed by atoms with van der Waals surface area (Å²) in [4.78, 5) is 38.4. The summed E-state index contributed by atoms with van der Waals surface area (Å²) in [5, 5.41) is 0. The predicted molar refractivity (Wildman–Crippen MR) is 357 cm³/mol. The quantitative estimate of drug-likeness (QED) is 0.0261. The summed E-state index contributed by atoms with van der Waals surface area (Å²) in [6.07, 6.45) is 96.5. The highest BCUT2D eigenvalue weighted by Crippen LogP contribution is 2.16. The lowest BCUT2D eigenvalue weighted by atomic mass is 10.0. The number of ether oxygens (including phenoxy) is 3. The van der Waals surface area contributed by atoms with E-state index in [-0.39, 0.29) is 37.5 Å². The van der Waals surface area contributed by atoms with Crippen LogP contribution in [-0.2, 0) is 28.6 Å². The van der Waals surface area contributed by atoms with Crippen molar-refractivity contribution >= 4 is 17.9 Å². The van der Waals surface area contributed by atoms with Crippen molar-refractivity contribution in [3.63, 3.8) is 0 Å². The minimum atomic E-state index is -0.805. The van der Waals surface area contributed by atoms with Crippen LogP contribution < -0.4 is 0 Å². The van der Waals surface area contributed by atoms with Crippen molar-refractivity contribution in [2.24, 2.45) is 0 Å². The summed E-state index contributed by atoms with van der Waals surface area (Å²) >= 11 is 0. The van der Waals surface area contributed by atoms with E-state index in [4.69, 9.17) is 14.2 Å². The van der Waals surface area contributed by atoms with Crippen LogP contribution in [0, 0.1) is 0 Å². The van der Waals surface area contributed by atoms with Gasteiger partial charge in [0.25, 0.3) is 0 Å². The molecular weight excluding hydrogens is 1010 g/mol. The van der Waals surface area contributed by atoms with Crippen molar-refractivity contribution in [3.05, 3.63) is 122 Å². The van der Waals surface area contributed by atoms with Crippen molar-refractivity contribution in [2.75, 3.05) is 13.2 Å². The van der Waals surface area contributed by atoms with Crippen molar-refractivity contribution < 1.29 is 28.6 Å². The Morgan fingerprint density at radius 1 is 0.256 bits per heavy atom. The molecule has 0 rings (SSSR count). The number of carbonyl (C=O) groups excluding carboxylic acids is 3. The smallest absolute Gasteiger partial charge is 0.306 e. The lowest BCUT2D eigenvalue weighted by Crippen LogP contribution is -2.30. The Labute approximate surface area is 507 Å². The number of hydrogen-bond acceptors (Lipinski definition) is 6. The van der Waals surface area contributed by atoms with E-state index in [1.165, 1.54) is 173 Å². The molecule has 0 N–H and O–H groups in total. The molecule has 0 aromatic carbocycles. The molecule has 1 unspecified atom stereocenters. The van der Waals surface area contributed by atoms with Crippen LogP contribution in [0.4, 0.5) is 0 Å². The van der Waals surface area contributed by atoms with Gasteiger partial charge in [-0.2, -0.15) is 0 Å². The molecule has 468 valence electrons. The number of esters is 3. The zero-order valence-electron chi connectivity index (χ0n) is 53.7. The topological polar surface area (TPSA) is 78.9 Å². The van der Waals surface area contributed by atoms with Crippen LogP contribution >= 0.6 is 0 Å². The maximum atomic E-state index is 12.9. The zero-order chi connectivity index (χ0) is 59.2. The second kappa shape index (κ2) is 69.3.